The van der Waals surface area contributed by atoms with Crippen LogP contribution < -0.4 is 5.32 Å². The van der Waals surface area contributed by atoms with Crippen LogP contribution in [0.15, 0.2) is 12.1 Å². The Morgan fingerprint density at radius 1 is 1.25 bits per heavy atom. The molecule has 1 unspecified atom stereocenters. The zero-order chi connectivity index (χ0) is 12.1. The molecule has 1 aromatic carbocycles. The fraction of sp³-hybridized carbons (Fsp3) is 0.357. The fourth-order valence-electron chi connectivity index (χ4n) is 1.68. The monoisotopic (exact) mass is 212 g/mol. The molecule has 0 spiro atoms. The highest BCUT2D eigenvalue weighted by molar-refractivity contribution is 5.40. The number of hydrogen-bond acceptors (Lipinski definition) is 2. The van der Waals surface area contributed by atoms with Crippen molar-refractivity contribution in [2.75, 3.05) is 6.54 Å². The zero-order valence-electron chi connectivity index (χ0n) is 9.96. The van der Waals surface area contributed by atoms with Gasteiger partial charge in [0, 0.05) is 0 Å². The maximum Gasteiger partial charge on any atom is 0.122 e. The van der Waals surface area contributed by atoms with E-state index in [0.717, 1.165) is 11.1 Å². The van der Waals surface area contributed by atoms with Gasteiger partial charge >= 0.3 is 0 Å². The lowest BCUT2D eigenvalue weighted by Crippen LogP contribution is -2.21. The summed E-state index contributed by atoms with van der Waals surface area (Å²) < 4.78 is 0. The summed E-state index contributed by atoms with van der Waals surface area (Å²) in [6, 6.07) is 6.07. The van der Waals surface area contributed by atoms with Crippen LogP contribution in [0.1, 0.15) is 28.3 Å². The molecule has 0 aliphatic rings. The third-order valence-corrected chi connectivity index (χ3v) is 2.73. The minimum absolute atomic E-state index is 0.324. The molecule has 82 valence electrons. The number of nitriles is 1. The van der Waals surface area contributed by atoms with Gasteiger partial charge in [-0.05, 0) is 43.0 Å². The van der Waals surface area contributed by atoms with E-state index >= 15 is 0 Å². The summed E-state index contributed by atoms with van der Waals surface area (Å²) in [7, 11) is 0. The van der Waals surface area contributed by atoms with Crippen molar-refractivity contribution < 1.29 is 0 Å². The largest absolute Gasteiger partial charge is 0.287 e. The molecule has 0 amide bonds. The summed E-state index contributed by atoms with van der Waals surface area (Å²) in [5.74, 6) is 2.49. The van der Waals surface area contributed by atoms with Crippen LogP contribution in [0.3, 0.4) is 0 Å². The number of benzene rings is 1. The summed E-state index contributed by atoms with van der Waals surface area (Å²) in [5, 5.41) is 12.1. The quantitative estimate of drug-likeness (QED) is 0.781. The lowest BCUT2D eigenvalue weighted by molar-refractivity contribution is 0.686. The Labute approximate surface area is 97.3 Å². The number of hydrogen-bond donors (Lipinski definition) is 1. The third-order valence-electron chi connectivity index (χ3n) is 2.73. The van der Waals surface area contributed by atoms with E-state index in [1.54, 1.807) is 0 Å². The zero-order valence-corrected chi connectivity index (χ0v) is 9.96. The molecule has 0 saturated heterocycles. The number of terminal acetylenes is 1. The standard InChI is InChI=1S/C14H16N2/c1-5-6-16-14(9-15)13-8-11(3)10(2)7-12(13)4/h1,7-8,14,16H,6H2,2-4H3. The van der Waals surface area contributed by atoms with Crippen molar-refractivity contribution in [1.82, 2.24) is 5.32 Å². The molecule has 0 aromatic heterocycles. The minimum atomic E-state index is -0.324. The van der Waals surface area contributed by atoms with Gasteiger partial charge in [-0.25, -0.2) is 0 Å². The van der Waals surface area contributed by atoms with Gasteiger partial charge in [0.1, 0.15) is 6.04 Å². The molecule has 1 rings (SSSR count). The van der Waals surface area contributed by atoms with Crippen LogP contribution in [0, 0.1) is 44.4 Å². The number of rotatable bonds is 3. The van der Waals surface area contributed by atoms with Gasteiger partial charge in [0.25, 0.3) is 0 Å². The van der Waals surface area contributed by atoms with Crippen LogP contribution >= 0.6 is 0 Å². The maximum absolute atomic E-state index is 9.11. The SMILES string of the molecule is C#CCNC(C#N)c1cc(C)c(C)cc1C. The molecule has 16 heavy (non-hydrogen) atoms. The summed E-state index contributed by atoms with van der Waals surface area (Å²) in [4.78, 5) is 0. The molecule has 1 atom stereocenters. The minimum Gasteiger partial charge on any atom is -0.287 e. The van der Waals surface area contributed by atoms with Crippen molar-refractivity contribution in [3.8, 4) is 18.4 Å². The highest BCUT2D eigenvalue weighted by atomic mass is 14.9. The van der Waals surface area contributed by atoms with Gasteiger partial charge in [0.05, 0.1) is 12.6 Å². The van der Waals surface area contributed by atoms with Crippen molar-refractivity contribution in [1.29, 1.82) is 5.26 Å². The van der Waals surface area contributed by atoms with E-state index in [4.69, 9.17) is 11.7 Å². The average Bonchev–Trinajstić information content (AvgIpc) is 2.26. The van der Waals surface area contributed by atoms with Crippen LogP contribution in [0.25, 0.3) is 0 Å². The van der Waals surface area contributed by atoms with Gasteiger partial charge in [0.2, 0.25) is 0 Å². The Bertz CT molecular complexity index is 461. The number of aryl methyl sites for hydroxylation is 3. The van der Waals surface area contributed by atoms with Crippen molar-refractivity contribution in [2.24, 2.45) is 0 Å². The van der Waals surface area contributed by atoms with E-state index in [1.165, 1.54) is 11.1 Å². The number of nitrogens with one attached hydrogen (secondary N) is 1. The summed E-state index contributed by atoms with van der Waals surface area (Å²) >= 11 is 0. The van der Waals surface area contributed by atoms with E-state index < -0.39 is 0 Å². The maximum atomic E-state index is 9.11. The predicted octanol–water partition coefficient (Wildman–Crippen LogP) is 2.40. The summed E-state index contributed by atoms with van der Waals surface area (Å²) in [6.07, 6.45) is 5.18. The van der Waals surface area contributed by atoms with Gasteiger partial charge in [0.15, 0.2) is 0 Å². The first-order chi connectivity index (χ1) is 7.60. The van der Waals surface area contributed by atoms with Crippen LogP contribution in [0.2, 0.25) is 0 Å². The van der Waals surface area contributed by atoms with Crippen LogP contribution in [0.5, 0.6) is 0 Å². The van der Waals surface area contributed by atoms with Crippen molar-refractivity contribution in [3.63, 3.8) is 0 Å². The molecule has 0 heterocycles. The molecule has 0 saturated carbocycles. The normalized spacial score (nSPS) is 11.6. The lowest BCUT2D eigenvalue weighted by atomic mass is 9.96. The van der Waals surface area contributed by atoms with Gasteiger partial charge < -0.3 is 0 Å². The summed E-state index contributed by atoms with van der Waals surface area (Å²) in [6.45, 7) is 6.55. The molecule has 0 radical (unpaired) electrons. The molecule has 1 N–H and O–H groups in total. The second-order valence-corrected chi connectivity index (χ2v) is 3.94. The Morgan fingerprint density at radius 3 is 2.44 bits per heavy atom. The molecule has 1 aromatic rings. The Balaban J connectivity index is 3.07. The first-order valence-electron chi connectivity index (χ1n) is 5.24. The second-order valence-electron chi connectivity index (χ2n) is 3.94. The molecule has 0 aliphatic carbocycles. The van der Waals surface area contributed by atoms with Crippen molar-refractivity contribution >= 4 is 0 Å². The van der Waals surface area contributed by atoms with E-state index in [0.29, 0.717) is 6.54 Å². The van der Waals surface area contributed by atoms with Gasteiger partial charge in [-0.1, -0.05) is 18.1 Å². The molecule has 0 bridgehead atoms. The van der Waals surface area contributed by atoms with Crippen LogP contribution in [-0.2, 0) is 0 Å². The van der Waals surface area contributed by atoms with Crippen molar-refractivity contribution in [3.05, 3.63) is 34.4 Å². The Morgan fingerprint density at radius 2 is 1.88 bits per heavy atom. The molecule has 0 aliphatic heterocycles. The van der Waals surface area contributed by atoms with Crippen LogP contribution in [-0.4, -0.2) is 6.54 Å². The van der Waals surface area contributed by atoms with E-state index in [2.05, 4.69) is 36.4 Å². The first kappa shape index (κ1) is 12.3. The van der Waals surface area contributed by atoms with Crippen molar-refractivity contribution in [2.45, 2.75) is 26.8 Å². The summed E-state index contributed by atoms with van der Waals surface area (Å²) in [5.41, 5.74) is 4.58. The molecule has 0 fully saturated rings. The average molecular weight is 212 g/mol. The lowest BCUT2D eigenvalue weighted by Gasteiger charge is -2.15. The predicted molar refractivity (Wildman–Crippen MR) is 65.8 cm³/mol. The molecular formula is C14H16N2. The van der Waals surface area contributed by atoms with E-state index in [1.807, 2.05) is 13.8 Å². The van der Waals surface area contributed by atoms with E-state index in [9.17, 15) is 0 Å². The second kappa shape index (κ2) is 5.35. The molecule has 2 nitrogen and oxygen atoms in total. The highest BCUT2D eigenvalue weighted by Crippen LogP contribution is 2.21. The smallest absolute Gasteiger partial charge is 0.122 e. The molecule has 2 heteroatoms. The topological polar surface area (TPSA) is 35.8 Å². The van der Waals surface area contributed by atoms with Gasteiger partial charge in [-0.2, -0.15) is 5.26 Å². The van der Waals surface area contributed by atoms with Gasteiger partial charge in [-0.15, -0.1) is 6.42 Å². The molecular weight excluding hydrogens is 196 g/mol. The third kappa shape index (κ3) is 2.63. The Kier molecular flexibility index (Phi) is 4.11. The highest BCUT2D eigenvalue weighted by Gasteiger charge is 2.12. The van der Waals surface area contributed by atoms with Gasteiger partial charge in [-0.3, -0.25) is 5.32 Å². The first-order valence-corrected chi connectivity index (χ1v) is 5.24. The Hall–Kier alpha value is -1.77. The van der Waals surface area contributed by atoms with E-state index in [-0.39, 0.29) is 6.04 Å². The fourth-order valence-corrected chi connectivity index (χ4v) is 1.68. The number of nitrogens with zero attached hydrogens (tertiary/aromatic N) is 1. The van der Waals surface area contributed by atoms with Crippen LogP contribution in [0.4, 0.5) is 0 Å².